The molecule has 5 nitrogen and oxygen atoms in total. The quantitative estimate of drug-likeness (QED) is 0.797. The predicted octanol–water partition coefficient (Wildman–Crippen LogP) is 2.00. The highest BCUT2D eigenvalue weighted by Crippen LogP contribution is 2.16. The molecule has 1 aliphatic rings. The van der Waals surface area contributed by atoms with Crippen LogP contribution >= 0.6 is 0 Å². The highest BCUT2D eigenvalue weighted by atomic mass is 32.2. The van der Waals surface area contributed by atoms with Gasteiger partial charge in [0.25, 0.3) is 0 Å². The van der Waals surface area contributed by atoms with Gasteiger partial charge in [0, 0.05) is 40.1 Å². The molecule has 0 spiro atoms. The van der Waals surface area contributed by atoms with Crippen molar-refractivity contribution in [3.05, 3.63) is 29.8 Å². The Morgan fingerprint density at radius 3 is 2.43 bits per heavy atom. The van der Waals surface area contributed by atoms with E-state index in [1.54, 1.807) is 0 Å². The lowest BCUT2D eigenvalue weighted by Crippen LogP contribution is -2.41. The molecule has 2 rings (SSSR count). The Morgan fingerprint density at radius 1 is 1.24 bits per heavy atom. The van der Waals surface area contributed by atoms with Crippen molar-refractivity contribution in [2.24, 2.45) is 0 Å². The minimum Gasteiger partial charge on any atom is -0.335 e. The third kappa shape index (κ3) is 4.82. The van der Waals surface area contributed by atoms with E-state index in [1.807, 2.05) is 31.3 Å². The summed E-state index contributed by atoms with van der Waals surface area (Å²) in [5.74, 6) is 1.36. The van der Waals surface area contributed by atoms with Crippen LogP contribution in [-0.4, -0.2) is 34.8 Å². The van der Waals surface area contributed by atoms with E-state index in [0.29, 0.717) is 11.5 Å². The van der Waals surface area contributed by atoms with Gasteiger partial charge in [0.2, 0.25) is 0 Å². The van der Waals surface area contributed by atoms with E-state index in [-0.39, 0.29) is 18.1 Å². The third-order valence-corrected chi connectivity index (χ3v) is 5.21. The number of benzene rings is 1. The Hall–Kier alpha value is -1.40. The van der Waals surface area contributed by atoms with Crippen molar-refractivity contribution >= 4 is 22.5 Å². The highest BCUT2D eigenvalue weighted by molar-refractivity contribution is 7.85. The van der Waals surface area contributed by atoms with Gasteiger partial charge in [-0.25, -0.2) is 4.79 Å². The number of hydrogen-bond donors (Lipinski definition) is 3. The second kappa shape index (κ2) is 7.56. The van der Waals surface area contributed by atoms with Crippen LogP contribution in [0.4, 0.5) is 10.5 Å². The van der Waals surface area contributed by atoms with E-state index >= 15 is 0 Å². The van der Waals surface area contributed by atoms with Gasteiger partial charge in [-0.1, -0.05) is 12.1 Å². The molecule has 1 aromatic carbocycles. The van der Waals surface area contributed by atoms with Gasteiger partial charge in [-0.3, -0.25) is 4.21 Å². The van der Waals surface area contributed by atoms with Crippen LogP contribution in [0.3, 0.4) is 0 Å². The lowest BCUT2D eigenvalue weighted by atomic mass is 10.1. The number of rotatable bonds is 4. The topological polar surface area (TPSA) is 70.2 Å². The standard InChI is InChI=1S/C15H23N3O2S/c1-11(16-2)12-3-5-13(6-4-12)17-15(19)18-14-7-9-21(20)10-8-14/h3-6,11,14,16H,7-10H2,1-2H3,(H2,17,18,19). The van der Waals surface area contributed by atoms with E-state index in [0.717, 1.165) is 18.5 Å². The average Bonchev–Trinajstić information content (AvgIpc) is 2.49. The smallest absolute Gasteiger partial charge is 0.319 e. The molecule has 0 aromatic heterocycles. The van der Waals surface area contributed by atoms with E-state index < -0.39 is 10.8 Å². The second-order valence-electron chi connectivity index (χ2n) is 5.35. The van der Waals surface area contributed by atoms with Crippen molar-refractivity contribution in [1.82, 2.24) is 10.6 Å². The maximum Gasteiger partial charge on any atom is 0.319 e. The van der Waals surface area contributed by atoms with E-state index in [4.69, 9.17) is 0 Å². The SMILES string of the molecule is CNC(C)c1ccc(NC(=O)NC2CCS(=O)CC2)cc1. The predicted molar refractivity (Wildman–Crippen MR) is 87.0 cm³/mol. The molecule has 0 aliphatic carbocycles. The van der Waals surface area contributed by atoms with Crippen LogP contribution in [0.25, 0.3) is 0 Å². The van der Waals surface area contributed by atoms with Gasteiger partial charge in [0.05, 0.1) is 0 Å². The first-order chi connectivity index (χ1) is 10.1. The van der Waals surface area contributed by atoms with Crippen molar-refractivity contribution in [3.8, 4) is 0 Å². The summed E-state index contributed by atoms with van der Waals surface area (Å²) in [6.45, 7) is 2.09. The largest absolute Gasteiger partial charge is 0.335 e. The Balaban J connectivity index is 1.83. The molecular formula is C15H23N3O2S. The number of anilines is 1. The molecule has 1 aromatic rings. The van der Waals surface area contributed by atoms with Gasteiger partial charge in [0.15, 0.2) is 0 Å². The molecule has 1 fully saturated rings. The number of amides is 2. The number of carbonyl (C=O) groups excluding carboxylic acids is 1. The molecule has 0 saturated carbocycles. The van der Waals surface area contributed by atoms with Gasteiger partial charge in [0.1, 0.15) is 0 Å². The molecule has 0 bridgehead atoms. The van der Waals surface area contributed by atoms with Crippen LogP contribution in [0.2, 0.25) is 0 Å². The van der Waals surface area contributed by atoms with Crippen molar-refractivity contribution in [2.75, 3.05) is 23.9 Å². The summed E-state index contributed by atoms with van der Waals surface area (Å²) in [7, 11) is 1.22. The molecular weight excluding hydrogens is 286 g/mol. The number of urea groups is 1. The summed E-state index contributed by atoms with van der Waals surface area (Å²) in [6.07, 6.45) is 1.58. The van der Waals surface area contributed by atoms with Gasteiger partial charge >= 0.3 is 6.03 Å². The molecule has 1 saturated heterocycles. The summed E-state index contributed by atoms with van der Waals surface area (Å²) in [5, 5.41) is 8.95. The molecule has 1 aliphatic heterocycles. The maximum atomic E-state index is 11.9. The van der Waals surface area contributed by atoms with Gasteiger partial charge in [-0.2, -0.15) is 0 Å². The van der Waals surface area contributed by atoms with Gasteiger partial charge in [-0.05, 0) is 44.5 Å². The Morgan fingerprint density at radius 2 is 1.86 bits per heavy atom. The van der Waals surface area contributed by atoms with Crippen LogP contribution in [0.15, 0.2) is 24.3 Å². The summed E-state index contributed by atoms with van der Waals surface area (Å²) in [4.78, 5) is 11.9. The fraction of sp³-hybridized carbons (Fsp3) is 0.533. The summed E-state index contributed by atoms with van der Waals surface area (Å²) >= 11 is 0. The Labute approximate surface area is 128 Å². The minimum atomic E-state index is -0.700. The summed E-state index contributed by atoms with van der Waals surface area (Å²) in [5.41, 5.74) is 1.96. The molecule has 21 heavy (non-hydrogen) atoms. The first-order valence-electron chi connectivity index (χ1n) is 7.28. The molecule has 1 atom stereocenters. The van der Waals surface area contributed by atoms with Crippen molar-refractivity contribution in [1.29, 1.82) is 0 Å². The van der Waals surface area contributed by atoms with E-state index in [1.165, 1.54) is 5.56 Å². The first-order valence-corrected chi connectivity index (χ1v) is 8.77. The lowest BCUT2D eigenvalue weighted by molar-refractivity contribution is 0.247. The molecule has 1 heterocycles. The average molecular weight is 309 g/mol. The molecule has 116 valence electrons. The number of nitrogens with one attached hydrogen (secondary N) is 3. The van der Waals surface area contributed by atoms with Crippen molar-refractivity contribution in [3.63, 3.8) is 0 Å². The van der Waals surface area contributed by atoms with Crippen LogP contribution in [-0.2, 0) is 10.8 Å². The second-order valence-corrected chi connectivity index (χ2v) is 7.05. The minimum absolute atomic E-state index is 0.131. The number of hydrogen-bond acceptors (Lipinski definition) is 3. The molecule has 3 N–H and O–H groups in total. The monoisotopic (exact) mass is 309 g/mol. The summed E-state index contributed by atoms with van der Waals surface area (Å²) < 4.78 is 11.3. The fourth-order valence-electron chi connectivity index (χ4n) is 2.31. The van der Waals surface area contributed by atoms with Crippen molar-refractivity contribution in [2.45, 2.75) is 31.8 Å². The van der Waals surface area contributed by atoms with E-state index in [2.05, 4.69) is 22.9 Å². The molecule has 2 amide bonds. The zero-order valence-corrected chi connectivity index (χ0v) is 13.3. The molecule has 0 radical (unpaired) electrons. The van der Waals surface area contributed by atoms with Gasteiger partial charge < -0.3 is 16.0 Å². The first kappa shape index (κ1) is 16.0. The van der Waals surface area contributed by atoms with Crippen LogP contribution in [0, 0.1) is 0 Å². The fourth-order valence-corrected chi connectivity index (χ4v) is 3.61. The highest BCUT2D eigenvalue weighted by Gasteiger charge is 2.19. The Kier molecular flexibility index (Phi) is 5.76. The Bertz CT molecular complexity index is 494. The third-order valence-electron chi connectivity index (χ3n) is 3.82. The molecule has 1 unspecified atom stereocenters. The number of carbonyl (C=O) groups is 1. The zero-order chi connectivity index (χ0) is 15.2. The van der Waals surface area contributed by atoms with Crippen LogP contribution in [0.5, 0.6) is 0 Å². The van der Waals surface area contributed by atoms with Crippen LogP contribution < -0.4 is 16.0 Å². The summed E-state index contributed by atoms with van der Waals surface area (Å²) in [6, 6.07) is 8.03. The van der Waals surface area contributed by atoms with Gasteiger partial charge in [-0.15, -0.1) is 0 Å². The van der Waals surface area contributed by atoms with Crippen LogP contribution in [0.1, 0.15) is 31.4 Å². The zero-order valence-electron chi connectivity index (χ0n) is 12.5. The maximum absolute atomic E-state index is 11.9. The van der Waals surface area contributed by atoms with E-state index in [9.17, 15) is 9.00 Å². The normalized spacial score (nSPS) is 23.3. The lowest BCUT2D eigenvalue weighted by Gasteiger charge is -2.22. The van der Waals surface area contributed by atoms with Crippen molar-refractivity contribution < 1.29 is 9.00 Å². The molecule has 6 heteroatoms.